The number of piperazine rings is 2. The fourth-order valence-electron chi connectivity index (χ4n) is 10.2. The molecule has 11 rings (SSSR count). The van der Waals surface area contributed by atoms with E-state index in [9.17, 15) is 13.2 Å². The standard InChI is InChI=1S/C28H32ClN7O2S.C21H27ClN6OS/c29-20-8-10-22(11-9-20)34-14-16-35(17-15-34)27-32-24-12-18-39(38)25(24)26(33-27)36-13-4-7-23(36)19-30-28(37)31-21-5-2-1-3-6-21;22-15-3-5-16(6-4-15)26-9-11-27(12-10-26)21-24-18-7-13-30(29)19(18)20(25-21)28-8-1-2-17(28)14-23/h1-3,5-6,8-11,23H,4,7,12-19H2,(H2,30,31,37);3-6,17H,1-2,7-14,23H2/t23-,39?;17-,30?/m00/s1. The summed E-state index contributed by atoms with van der Waals surface area (Å²) in [6.07, 6.45) is 5.56. The second-order valence-corrected chi connectivity index (χ2v) is 22.0. The molecular weight excluding hydrogens is 954 g/mol. The van der Waals surface area contributed by atoms with Gasteiger partial charge in [0.1, 0.15) is 9.79 Å². The second-order valence-electron chi connectivity index (χ2n) is 18.2. The molecule has 5 aromatic rings. The Bertz CT molecular complexity index is 2660. The van der Waals surface area contributed by atoms with Crippen molar-refractivity contribution in [2.45, 2.75) is 60.4 Å². The lowest BCUT2D eigenvalue weighted by atomic mass is 10.2. The average molecular weight is 1010 g/mol. The molecule has 4 atom stereocenters. The van der Waals surface area contributed by atoms with Gasteiger partial charge in [-0.25, -0.2) is 14.8 Å². The Labute approximate surface area is 418 Å². The number of amides is 2. The highest BCUT2D eigenvalue weighted by atomic mass is 35.5. The number of hydrogen-bond acceptors (Lipinski definition) is 14. The normalized spacial score (nSPS) is 22.1. The molecule has 4 saturated heterocycles. The van der Waals surface area contributed by atoms with Gasteiger partial charge in [-0.15, -0.1) is 0 Å². The molecule has 364 valence electrons. The maximum atomic E-state index is 13.0. The van der Waals surface area contributed by atoms with Crippen LogP contribution >= 0.6 is 23.2 Å². The van der Waals surface area contributed by atoms with Crippen LogP contribution in [0.1, 0.15) is 37.1 Å². The van der Waals surface area contributed by atoms with E-state index in [4.69, 9.17) is 48.9 Å². The van der Waals surface area contributed by atoms with Crippen molar-refractivity contribution in [3.05, 3.63) is 100 Å². The van der Waals surface area contributed by atoms with Gasteiger partial charge in [0.05, 0.1) is 33.0 Å². The first kappa shape index (κ1) is 47.4. The van der Waals surface area contributed by atoms with Gasteiger partial charge in [-0.3, -0.25) is 8.42 Å². The summed E-state index contributed by atoms with van der Waals surface area (Å²) in [6.45, 7) is 9.64. The van der Waals surface area contributed by atoms with Gasteiger partial charge in [-0.1, -0.05) is 41.4 Å². The third-order valence-electron chi connectivity index (χ3n) is 13.9. The van der Waals surface area contributed by atoms with Gasteiger partial charge in [0.25, 0.3) is 0 Å². The minimum absolute atomic E-state index is 0.0812. The number of fused-ring (bicyclic) bond motifs is 2. The number of carbonyl (C=O) groups excluding carboxylic acids is 1. The van der Waals surface area contributed by atoms with E-state index in [0.717, 1.165) is 158 Å². The molecule has 6 aliphatic heterocycles. The number of urea groups is 1. The quantitative estimate of drug-likeness (QED) is 0.150. The van der Waals surface area contributed by atoms with E-state index in [-0.39, 0.29) is 18.1 Å². The van der Waals surface area contributed by atoms with Crippen molar-refractivity contribution < 1.29 is 13.2 Å². The van der Waals surface area contributed by atoms with Crippen LogP contribution in [0.4, 0.5) is 45.4 Å². The van der Waals surface area contributed by atoms with Gasteiger partial charge in [-0.2, -0.15) is 9.97 Å². The second kappa shape index (κ2) is 21.4. The van der Waals surface area contributed by atoms with Crippen LogP contribution in [-0.2, 0) is 34.4 Å². The first-order chi connectivity index (χ1) is 33.7. The van der Waals surface area contributed by atoms with Crippen LogP contribution in [0.2, 0.25) is 10.0 Å². The van der Waals surface area contributed by atoms with E-state index in [1.54, 1.807) is 0 Å². The topological polar surface area (TPSA) is 172 Å². The van der Waals surface area contributed by atoms with Crippen LogP contribution in [-0.4, -0.2) is 137 Å². The number of aryl methyl sites for hydroxylation is 2. The van der Waals surface area contributed by atoms with Gasteiger partial charge >= 0.3 is 6.03 Å². The van der Waals surface area contributed by atoms with Gasteiger partial charge in [0.15, 0.2) is 11.6 Å². The lowest BCUT2D eigenvalue weighted by molar-refractivity contribution is 0.251. The summed E-state index contributed by atoms with van der Waals surface area (Å²) < 4.78 is 25.7. The number of rotatable bonds is 10. The molecule has 4 fully saturated rings. The summed E-state index contributed by atoms with van der Waals surface area (Å²) in [6, 6.07) is 25.5. The summed E-state index contributed by atoms with van der Waals surface area (Å²) in [5, 5.41) is 7.39. The number of benzene rings is 3. The third-order valence-corrected chi connectivity index (χ3v) is 17.3. The Balaban J connectivity index is 0.000000166. The molecule has 0 bridgehead atoms. The van der Waals surface area contributed by atoms with E-state index in [1.165, 1.54) is 5.69 Å². The van der Waals surface area contributed by atoms with Crippen LogP contribution in [0.5, 0.6) is 0 Å². The number of aromatic nitrogens is 4. The average Bonchev–Trinajstić information content (AvgIpc) is 4.22. The predicted octanol–water partition coefficient (Wildman–Crippen LogP) is 5.96. The zero-order valence-electron chi connectivity index (χ0n) is 38.6. The molecule has 0 radical (unpaired) electrons. The predicted molar refractivity (Wildman–Crippen MR) is 279 cm³/mol. The Morgan fingerprint density at radius 1 is 0.594 bits per heavy atom. The number of anilines is 7. The first-order valence-electron chi connectivity index (χ1n) is 24.1. The minimum atomic E-state index is -1.11. The zero-order chi connectivity index (χ0) is 47.4. The van der Waals surface area contributed by atoms with E-state index in [1.807, 2.05) is 54.6 Å². The van der Waals surface area contributed by atoms with Crippen molar-refractivity contribution in [2.24, 2.45) is 5.73 Å². The summed E-state index contributed by atoms with van der Waals surface area (Å²) >= 11 is 12.1. The fraction of sp³-hybridized carbons (Fsp3) is 0.449. The summed E-state index contributed by atoms with van der Waals surface area (Å²) in [5.74, 6) is 4.34. The summed E-state index contributed by atoms with van der Waals surface area (Å²) in [7, 11) is -2.12. The van der Waals surface area contributed by atoms with Gasteiger partial charge < -0.3 is 45.8 Å². The molecule has 2 amide bonds. The molecular formula is C49H59Cl2N13O3S2. The van der Waals surface area contributed by atoms with E-state index in [2.05, 4.69) is 64.3 Å². The fourth-order valence-corrected chi connectivity index (χ4v) is 13.2. The number of hydrogen-bond donors (Lipinski definition) is 3. The van der Waals surface area contributed by atoms with Crippen LogP contribution in [0.3, 0.4) is 0 Å². The van der Waals surface area contributed by atoms with Crippen molar-refractivity contribution in [1.29, 1.82) is 0 Å². The number of halogens is 2. The Morgan fingerprint density at radius 2 is 1.04 bits per heavy atom. The van der Waals surface area contributed by atoms with Crippen molar-refractivity contribution in [3.63, 3.8) is 0 Å². The smallest absolute Gasteiger partial charge is 0.319 e. The molecule has 6 aliphatic rings. The molecule has 2 unspecified atom stereocenters. The Kier molecular flexibility index (Phi) is 14.7. The van der Waals surface area contributed by atoms with Crippen LogP contribution in [0, 0.1) is 0 Å². The number of nitrogens with zero attached hydrogens (tertiary/aromatic N) is 10. The summed E-state index contributed by atoms with van der Waals surface area (Å²) in [5.41, 5.74) is 11.0. The van der Waals surface area contributed by atoms with Crippen molar-refractivity contribution in [3.8, 4) is 0 Å². The van der Waals surface area contributed by atoms with Gasteiger partial charge in [0, 0.05) is 142 Å². The monoisotopic (exact) mass is 1010 g/mol. The van der Waals surface area contributed by atoms with Crippen LogP contribution < -0.4 is 45.8 Å². The number of para-hydroxylation sites is 1. The number of carbonyl (C=O) groups is 1. The molecule has 20 heteroatoms. The molecule has 2 aromatic heterocycles. The lowest BCUT2D eigenvalue weighted by Crippen LogP contribution is -2.47. The van der Waals surface area contributed by atoms with Crippen LogP contribution in [0.25, 0.3) is 0 Å². The van der Waals surface area contributed by atoms with Crippen molar-refractivity contribution in [2.75, 3.05) is 125 Å². The van der Waals surface area contributed by atoms with E-state index in [0.29, 0.717) is 37.0 Å². The van der Waals surface area contributed by atoms with Crippen LogP contribution in [0.15, 0.2) is 88.7 Å². The Morgan fingerprint density at radius 3 is 1.52 bits per heavy atom. The first-order valence-corrected chi connectivity index (χ1v) is 27.5. The van der Waals surface area contributed by atoms with E-state index >= 15 is 0 Å². The minimum Gasteiger partial charge on any atom is -0.368 e. The highest BCUT2D eigenvalue weighted by Crippen LogP contribution is 2.38. The summed E-state index contributed by atoms with van der Waals surface area (Å²) in [4.78, 5) is 47.6. The molecule has 0 aliphatic carbocycles. The van der Waals surface area contributed by atoms with E-state index < -0.39 is 21.6 Å². The molecule has 8 heterocycles. The highest BCUT2D eigenvalue weighted by molar-refractivity contribution is 7.85. The Hall–Kier alpha value is -5.27. The maximum Gasteiger partial charge on any atom is 0.319 e. The molecule has 16 nitrogen and oxygen atoms in total. The highest BCUT2D eigenvalue weighted by Gasteiger charge is 2.37. The molecule has 0 saturated carbocycles. The number of nitrogens with one attached hydrogen (secondary N) is 2. The third kappa shape index (κ3) is 10.6. The van der Waals surface area contributed by atoms with Crippen molar-refractivity contribution >= 4 is 91.4 Å². The SMILES string of the molecule is NC[C@@H]1CCCN1c1nc(N2CCN(c3ccc(Cl)cc3)CC2)nc2c1S(=O)CC2.O=C(NC[C@@H]1CCCN1c1nc(N2CCN(c3ccc(Cl)cc3)CC2)nc2c1S(=O)CC2)Nc1ccccc1. The molecule has 3 aromatic carbocycles. The largest absolute Gasteiger partial charge is 0.368 e. The lowest BCUT2D eigenvalue weighted by Gasteiger charge is -2.37. The molecule has 4 N–H and O–H groups in total. The molecule has 69 heavy (non-hydrogen) atoms. The maximum absolute atomic E-state index is 13.0. The molecule has 0 spiro atoms. The number of nitrogens with two attached hydrogens (primary N) is 1. The zero-order valence-corrected chi connectivity index (χ0v) is 41.8. The van der Waals surface area contributed by atoms with Gasteiger partial charge in [0.2, 0.25) is 11.9 Å². The van der Waals surface area contributed by atoms with Crippen molar-refractivity contribution in [1.82, 2.24) is 25.3 Å². The van der Waals surface area contributed by atoms with Gasteiger partial charge in [-0.05, 0) is 86.3 Å².